The van der Waals surface area contributed by atoms with Crippen molar-refractivity contribution in [3.8, 4) is 0 Å². The molecule has 0 radical (unpaired) electrons. The molecule has 0 N–H and O–H groups in total. The minimum absolute atomic E-state index is 0.114. The van der Waals surface area contributed by atoms with Crippen molar-refractivity contribution in [1.29, 1.82) is 0 Å². The van der Waals surface area contributed by atoms with Crippen LogP contribution >= 0.6 is 22.7 Å². The Kier molecular flexibility index (Phi) is 3.57. The first-order valence-electron chi connectivity index (χ1n) is 8.43. The van der Waals surface area contributed by atoms with Crippen LogP contribution in [0.4, 0.5) is 5.13 Å². The van der Waals surface area contributed by atoms with Gasteiger partial charge in [0.1, 0.15) is 11.6 Å². The summed E-state index contributed by atoms with van der Waals surface area (Å²) < 4.78 is 5.90. The number of nitrogens with zero attached hydrogens (tertiary/aromatic N) is 2. The highest BCUT2D eigenvalue weighted by Gasteiger charge is 2.45. The van der Waals surface area contributed by atoms with E-state index in [0.717, 1.165) is 15.4 Å². The molecule has 4 heterocycles. The molecule has 0 spiro atoms. The third kappa shape index (κ3) is 2.32. The molecule has 5 nitrogen and oxygen atoms in total. The van der Waals surface area contributed by atoms with Gasteiger partial charge in [-0.2, -0.15) is 0 Å². The second kappa shape index (κ2) is 5.87. The van der Waals surface area contributed by atoms with E-state index in [4.69, 9.17) is 4.42 Å². The van der Waals surface area contributed by atoms with Crippen molar-refractivity contribution < 1.29 is 9.21 Å². The average molecular weight is 394 g/mol. The number of hydrogen-bond donors (Lipinski definition) is 0. The molecule has 1 aromatic carbocycles. The maximum Gasteiger partial charge on any atom is 0.297 e. The lowest BCUT2D eigenvalue weighted by Gasteiger charge is -2.20. The van der Waals surface area contributed by atoms with Crippen LogP contribution in [0.3, 0.4) is 0 Å². The summed E-state index contributed by atoms with van der Waals surface area (Å²) in [5, 5.41) is 3.01. The highest BCUT2D eigenvalue weighted by Crippen LogP contribution is 2.44. The zero-order valence-corrected chi connectivity index (χ0v) is 16.2. The average Bonchev–Trinajstić information content (AvgIpc) is 3.36. The van der Waals surface area contributed by atoms with Gasteiger partial charge in [-0.1, -0.05) is 18.2 Å². The Hall–Kier alpha value is -2.77. The molecule has 1 aliphatic heterocycles. The summed E-state index contributed by atoms with van der Waals surface area (Å²) in [7, 11) is 0. The monoisotopic (exact) mass is 394 g/mol. The largest absolute Gasteiger partial charge is 0.450 e. The Morgan fingerprint density at radius 2 is 1.93 bits per heavy atom. The molecular weight excluding hydrogens is 380 g/mol. The molecule has 0 aliphatic carbocycles. The molecular formula is C20H14N2O3S2. The zero-order valence-electron chi connectivity index (χ0n) is 14.6. The predicted molar refractivity (Wildman–Crippen MR) is 107 cm³/mol. The van der Waals surface area contributed by atoms with Crippen LogP contribution in [-0.2, 0) is 0 Å². The molecule has 1 aliphatic rings. The van der Waals surface area contributed by atoms with Gasteiger partial charge in [-0.3, -0.25) is 14.5 Å². The normalized spacial score (nSPS) is 16.3. The van der Waals surface area contributed by atoms with E-state index in [1.165, 1.54) is 22.7 Å². The van der Waals surface area contributed by atoms with Crippen LogP contribution in [0.5, 0.6) is 0 Å². The Morgan fingerprint density at radius 1 is 1.11 bits per heavy atom. The molecule has 0 unspecified atom stereocenters. The lowest BCUT2D eigenvalue weighted by Crippen LogP contribution is -2.28. The topological polar surface area (TPSA) is 63.4 Å². The number of anilines is 1. The number of rotatable bonds is 2. The van der Waals surface area contributed by atoms with E-state index in [1.807, 2.05) is 31.4 Å². The maximum atomic E-state index is 13.3. The van der Waals surface area contributed by atoms with E-state index in [2.05, 4.69) is 4.98 Å². The number of carbonyl (C=O) groups is 1. The van der Waals surface area contributed by atoms with E-state index in [9.17, 15) is 9.59 Å². The van der Waals surface area contributed by atoms with Crippen LogP contribution < -0.4 is 10.3 Å². The third-order valence-corrected chi connectivity index (χ3v) is 6.81. The molecule has 0 fully saturated rings. The number of benzene rings is 1. The first-order valence-corrected chi connectivity index (χ1v) is 10.1. The van der Waals surface area contributed by atoms with E-state index < -0.39 is 6.04 Å². The summed E-state index contributed by atoms with van der Waals surface area (Å²) in [5.74, 6) is -0.206. The second-order valence-corrected chi connectivity index (χ2v) is 8.56. The van der Waals surface area contributed by atoms with Crippen molar-refractivity contribution in [3.05, 3.63) is 78.8 Å². The predicted octanol–water partition coefficient (Wildman–Crippen LogP) is 4.68. The highest BCUT2D eigenvalue weighted by molar-refractivity contribution is 7.16. The molecule has 0 saturated heterocycles. The van der Waals surface area contributed by atoms with E-state index in [0.29, 0.717) is 21.7 Å². The second-order valence-electron chi connectivity index (χ2n) is 6.40. The van der Waals surface area contributed by atoms with Crippen molar-refractivity contribution in [2.24, 2.45) is 0 Å². The maximum absolute atomic E-state index is 13.3. The zero-order chi connectivity index (χ0) is 18.7. The Labute approximate surface area is 162 Å². The summed E-state index contributed by atoms with van der Waals surface area (Å²) in [4.78, 5) is 34.7. The molecule has 5 rings (SSSR count). The van der Waals surface area contributed by atoms with Gasteiger partial charge in [0.15, 0.2) is 10.6 Å². The molecule has 0 saturated carbocycles. The van der Waals surface area contributed by atoms with Crippen LogP contribution in [0.2, 0.25) is 0 Å². The number of aryl methyl sites for hydroxylation is 2. The molecule has 27 heavy (non-hydrogen) atoms. The minimum Gasteiger partial charge on any atom is -0.450 e. The van der Waals surface area contributed by atoms with E-state index >= 15 is 0 Å². The summed E-state index contributed by atoms with van der Waals surface area (Å²) in [6.07, 6.45) is 0. The standard InChI is InChI=1S/C20H14N2O3S2/c1-10-11(2)27-20(21-10)22-16(14-8-5-9-26-14)15-17(23)12-6-3-4-7-13(12)25-18(15)19(22)24/h3-9,16H,1-2H3/t16-/m1/s1. The van der Waals surface area contributed by atoms with Gasteiger partial charge < -0.3 is 4.42 Å². The number of amides is 1. The summed E-state index contributed by atoms with van der Waals surface area (Å²) in [6.45, 7) is 3.89. The van der Waals surface area contributed by atoms with E-state index in [1.54, 1.807) is 29.2 Å². The first-order chi connectivity index (χ1) is 13.1. The van der Waals surface area contributed by atoms with Crippen molar-refractivity contribution in [1.82, 2.24) is 4.98 Å². The SMILES string of the molecule is Cc1nc(N2C(=O)c3oc4ccccc4c(=O)c3[C@H]2c2cccs2)sc1C. The van der Waals surface area contributed by atoms with Crippen molar-refractivity contribution in [3.63, 3.8) is 0 Å². The van der Waals surface area contributed by atoms with E-state index in [-0.39, 0.29) is 17.1 Å². The Balaban J connectivity index is 1.83. The van der Waals surface area contributed by atoms with Crippen LogP contribution in [-0.4, -0.2) is 10.9 Å². The van der Waals surface area contributed by atoms with Gasteiger partial charge in [0.05, 0.1) is 16.6 Å². The Bertz CT molecular complexity index is 1230. The fourth-order valence-electron chi connectivity index (χ4n) is 3.39. The third-order valence-electron chi connectivity index (χ3n) is 4.81. The van der Waals surface area contributed by atoms with Crippen LogP contribution in [0.25, 0.3) is 11.0 Å². The molecule has 7 heteroatoms. The van der Waals surface area contributed by atoms with Gasteiger partial charge in [0.2, 0.25) is 5.76 Å². The smallest absolute Gasteiger partial charge is 0.297 e. The molecule has 4 aromatic rings. The number of fused-ring (bicyclic) bond motifs is 2. The molecule has 3 aromatic heterocycles. The minimum atomic E-state index is -0.515. The number of hydrogen-bond acceptors (Lipinski definition) is 6. The fourth-order valence-corrected chi connectivity index (χ4v) is 5.15. The lowest BCUT2D eigenvalue weighted by molar-refractivity contribution is 0.0971. The summed E-state index contributed by atoms with van der Waals surface area (Å²) in [6, 6.07) is 10.4. The van der Waals surface area contributed by atoms with Crippen molar-refractivity contribution >= 4 is 44.7 Å². The first kappa shape index (κ1) is 16.4. The van der Waals surface area contributed by atoms with Crippen LogP contribution in [0.1, 0.15) is 37.6 Å². The van der Waals surface area contributed by atoms with Crippen LogP contribution in [0.15, 0.2) is 51.0 Å². The number of carbonyl (C=O) groups excluding carboxylic acids is 1. The van der Waals surface area contributed by atoms with Gasteiger partial charge in [0.25, 0.3) is 5.91 Å². The van der Waals surface area contributed by atoms with Crippen LogP contribution in [0, 0.1) is 13.8 Å². The number of thiophene rings is 1. The fraction of sp³-hybridized carbons (Fsp3) is 0.150. The molecule has 1 atom stereocenters. The molecule has 134 valence electrons. The van der Waals surface area contributed by atoms with Crippen molar-refractivity contribution in [2.45, 2.75) is 19.9 Å². The van der Waals surface area contributed by atoms with Gasteiger partial charge in [-0.15, -0.1) is 22.7 Å². The number of para-hydroxylation sites is 1. The van der Waals surface area contributed by atoms with Gasteiger partial charge in [-0.05, 0) is 37.4 Å². The number of aromatic nitrogens is 1. The molecule has 0 bridgehead atoms. The summed E-state index contributed by atoms with van der Waals surface area (Å²) >= 11 is 2.96. The summed E-state index contributed by atoms with van der Waals surface area (Å²) in [5.41, 5.74) is 1.54. The molecule has 1 amide bonds. The van der Waals surface area contributed by atoms with Gasteiger partial charge >= 0.3 is 0 Å². The lowest BCUT2D eigenvalue weighted by atomic mass is 10.0. The quantitative estimate of drug-likeness (QED) is 0.495. The van der Waals surface area contributed by atoms with Gasteiger partial charge in [-0.25, -0.2) is 4.98 Å². The Morgan fingerprint density at radius 3 is 2.63 bits per heavy atom. The number of thiazole rings is 1. The van der Waals surface area contributed by atoms with Crippen molar-refractivity contribution in [2.75, 3.05) is 4.90 Å². The highest BCUT2D eigenvalue weighted by atomic mass is 32.1. The van der Waals surface area contributed by atoms with Gasteiger partial charge in [0, 0.05) is 9.75 Å².